The molecule has 64 valence electrons. The van der Waals surface area contributed by atoms with Crippen molar-refractivity contribution in [3.05, 3.63) is 0 Å². The Hall–Kier alpha value is 3.57. The topological polar surface area (TPSA) is 0 Å². The van der Waals surface area contributed by atoms with Crippen LogP contribution >= 0.6 is 85.2 Å². The standard InChI is InChI=1S/CCl4.4ClH.2Zn/c2-1(3,4)5;;;;;;/h;4*1H;;/q;;;;;2*+2/p-4. The quantitative estimate of drug-likeness (QED) is 0.364. The van der Waals surface area contributed by atoms with E-state index >= 15 is 0 Å². The van der Waals surface area contributed by atoms with E-state index in [1.54, 1.807) is 0 Å². The fourth-order valence-electron chi connectivity index (χ4n) is 0. The van der Waals surface area contributed by atoms with Crippen LogP contribution < -0.4 is 0 Å². The number of hydrogen-bond donors (Lipinski definition) is 0. The van der Waals surface area contributed by atoms with Gasteiger partial charge >= 0.3 is 69.1 Å². The van der Waals surface area contributed by atoms with Gasteiger partial charge in [-0.3, -0.25) is 0 Å². The van der Waals surface area contributed by atoms with E-state index < -0.39 is 33.5 Å². The third-order valence-corrected chi connectivity index (χ3v) is 0. The van der Waals surface area contributed by atoms with E-state index in [-0.39, 0.29) is 0 Å². The van der Waals surface area contributed by atoms with Gasteiger partial charge in [-0.1, -0.05) is 46.4 Å². The monoisotopic (exact) mass is 420 g/mol. The Kier molecular flexibility index (Phi) is 29.2. The Labute approximate surface area is 117 Å². The van der Waals surface area contributed by atoms with Gasteiger partial charge in [0, 0.05) is 0 Å². The van der Waals surface area contributed by atoms with E-state index in [4.69, 9.17) is 85.2 Å². The van der Waals surface area contributed by atoms with Crippen molar-refractivity contribution in [2.75, 3.05) is 0 Å². The minimum absolute atomic E-state index is 0.931. The molecule has 0 fully saturated rings. The Morgan fingerprint density at radius 1 is 0.636 bits per heavy atom. The van der Waals surface area contributed by atoms with Gasteiger partial charge in [0.2, 0.25) is 0 Å². The molecule has 11 heavy (non-hydrogen) atoms. The second-order valence-electron chi connectivity index (χ2n) is 0.631. The molecule has 0 aliphatic heterocycles. The molecule has 0 saturated carbocycles. The zero-order chi connectivity index (χ0) is 9.91. The number of hydrogen-bond acceptors (Lipinski definition) is 0. The van der Waals surface area contributed by atoms with Gasteiger partial charge in [0.15, 0.2) is 0 Å². The van der Waals surface area contributed by atoms with E-state index in [0.717, 1.165) is 0 Å². The van der Waals surface area contributed by atoms with Crippen molar-refractivity contribution in [2.45, 2.75) is 3.25 Å². The van der Waals surface area contributed by atoms with Crippen LogP contribution in [0, 0.1) is 0 Å². The maximum atomic E-state index is 4.95. The first-order valence-electron chi connectivity index (χ1n) is 1.82. The summed E-state index contributed by atoms with van der Waals surface area (Å²) < 4.78 is -1.61. The number of alkyl halides is 4. The van der Waals surface area contributed by atoms with Crippen LogP contribution in [0.4, 0.5) is 0 Å². The molecule has 0 nitrogen and oxygen atoms in total. The van der Waals surface area contributed by atoms with E-state index in [1.807, 2.05) is 0 Å². The van der Waals surface area contributed by atoms with Crippen LogP contribution in [0.25, 0.3) is 0 Å². The molecule has 0 aliphatic carbocycles. The van der Waals surface area contributed by atoms with Crippen molar-refractivity contribution in [2.24, 2.45) is 0 Å². The third kappa shape index (κ3) is 143. The van der Waals surface area contributed by atoms with Crippen LogP contribution in [-0.2, 0) is 30.3 Å². The van der Waals surface area contributed by atoms with Crippen LogP contribution in [0.2, 0.25) is 0 Å². The van der Waals surface area contributed by atoms with Crippen molar-refractivity contribution in [3.8, 4) is 0 Å². The number of rotatable bonds is 0. The fourth-order valence-corrected chi connectivity index (χ4v) is 0. The molecule has 0 aromatic rings. The van der Waals surface area contributed by atoms with Crippen molar-refractivity contribution in [1.29, 1.82) is 0 Å². The van der Waals surface area contributed by atoms with Gasteiger partial charge in [0.05, 0.1) is 0 Å². The van der Waals surface area contributed by atoms with Crippen LogP contribution in [0.1, 0.15) is 0 Å². The molecule has 0 unspecified atom stereocenters. The SMILES string of the molecule is ClC(Cl)(Cl)Cl.[Cl][Zn][Cl].[Cl][Zn][Cl]. The second-order valence-corrected chi connectivity index (χ2v) is 13.3. The summed E-state index contributed by atoms with van der Waals surface area (Å²) in [4.78, 5) is 0. The summed E-state index contributed by atoms with van der Waals surface area (Å²) in [6.07, 6.45) is 0. The molecule has 0 bridgehead atoms. The fraction of sp³-hybridized carbons (Fsp3) is 1.00. The second kappa shape index (κ2) is 16.0. The maximum absolute atomic E-state index is 4.95. The molecular weight excluding hydrogens is 426 g/mol. The van der Waals surface area contributed by atoms with E-state index in [0.29, 0.717) is 0 Å². The zero-order valence-corrected chi connectivity index (χ0v) is 16.9. The molecule has 0 aromatic carbocycles. The van der Waals surface area contributed by atoms with Crippen LogP contribution in [0.15, 0.2) is 0 Å². The Bertz CT molecular complexity index is 42.5. The van der Waals surface area contributed by atoms with Crippen LogP contribution in [0.5, 0.6) is 0 Å². The molecule has 0 amide bonds. The van der Waals surface area contributed by atoms with Crippen LogP contribution in [-0.4, -0.2) is 3.25 Å². The van der Waals surface area contributed by atoms with Crippen molar-refractivity contribution in [3.63, 3.8) is 0 Å². The minimum atomic E-state index is -1.61. The molecule has 0 N–H and O–H groups in total. The van der Waals surface area contributed by atoms with Crippen molar-refractivity contribution >= 4 is 85.2 Å². The zero-order valence-electron chi connectivity index (χ0n) is 4.94. The molecule has 0 rings (SSSR count). The van der Waals surface area contributed by atoms with Gasteiger partial charge < -0.3 is 0 Å². The van der Waals surface area contributed by atoms with Crippen LogP contribution in [0.3, 0.4) is 0 Å². The van der Waals surface area contributed by atoms with Gasteiger partial charge in [-0.2, -0.15) is 0 Å². The average Bonchev–Trinajstić information content (AvgIpc) is 1.62. The van der Waals surface area contributed by atoms with Gasteiger partial charge in [-0.05, 0) is 0 Å². The Balaban J connectivity index is -0.0000000933. The molecule has 0 aliphatic rings. The Morgan fingerprint density at radius 3 is 0.636 bits per heavy atom. The Morgan fingerprint density at radius 2 is 0.636 bits per heavy atom. The van der Waals surface area contributed by atoms with Gasteiger partial charge in [0.25, 0.3) is 3.25 Å². The molecule has 0 heterocycles. The summed E-state index contributed by atoms with van der Waals surface area (Å²) in [6, 6.07) is 0. The summed E-state index contributed by atoms with van der Waals surface area (Å²) in [5.41, 5.74) is 0. The third-order valence-electron chi connectivity index (χ3n) is 0. The van der Waals surface area contributed by atoms with Gasteiger partial charge in [-0.25, -0.2) is 0 Å². The molecule has 10 heteroatoms. The van der Waals surface area contributed by atoms with E-state index in [2.05, 4.69) is 0 Å². The summed E-state index contributed by atoms with van der Waals surface area (Å²) in [7, 11) is 19.8. The first-order chi connectivity index (χ1) is 4.83. The molecule has 0 radical (unpaired) electrons. The molecule has 0 saturated heterocycles. The first-order valence-corrected chi connectivity index (χ1v) is 18.9. The number of halogens is 8. The summed E-state index contributed by atoms with van der Waals surface area (Å²) >= 11 is 17.4. The normalized spacial score (nSPS) is 7.27. The summed E-state index contributed by atoms with van der Waals surface area (Å²) in [5.74, 6) is 0. The predicted octanol–water partition coefficient (Wildman–Crippen LogP) is 5.31. The van der Waals surface area contributed by atoms with Gasteiger partial charge in [-0.15, -0.1) is 0 Å². The van der Waals surface area contributed by atoms with E-state index in [9.17, 15) is 0 Å². The molecular formula is CCl8Zn2. The van der Waals surface area contributed by atoms with Crippen molar-refractivity contribution in [1.82, 2.24) is 0 Å². The predicted molar refractivity (Wildman–Crippen MR) is 49.6 cm³/mol. The van der Waals surface area contributed by atoms with Crippen molar-refractivity contribution < 1.29 is 30.3 Å². The molecule has 0 aromatic heterocycles. The average molecular weight is 426 g/mol. The van der Waals surface area contributed by atoms with Gasteiger partial charge in [0.1, 0.15) is 0 Å². The first kappa shape index (κ1) is 20.0. The molecule has 0 atom stereocenters. The molecule has 0 spiro atoms. The summed E-state index contributed by atoms with van der Waals surface area (Å²) in [6.45, 7) is 0. The summed E-state index contributed by atoms with van der Waals surface area (Å²) in [5, 5.41) is 0. The van der Waals surface area contributed by atoms with E-state index in [1.165, 1.54) is 0 Å².